The molecule has 1 aromatic rings. The van der Waals surface area contributed by atoms with E-state index in [1.54, 1.807) is 12.1 Å². The third-order valence-electron chi connectivity index (χ3n) is 3.59. The molecule has 1 heterocycles. The SMILES string of the molecule is CCOC1CCN(c2ccccc2S(=O)(=O)C(F)F)CC1. The van der Waals surface area contributed by atoms with E-state index in [2.05, 4.69) is 0 Å². The van der Waals surface area contributed by atoms with Gasteiger partial charge in [-0.3, -0.25) is 0 Å². The van der Waals surface area contributed by atoms with E-state index in [-0.39, 0.29) is 11.0 Å². The van der Waals surface area contributed by atoms with Crippen LogP contribution < -0.4 is 4.90 Å². The molecule has 1 saturated heterocycles. The summed E-state index contributed by atoms with van der Waals surface area (Å²) in [5.41, 5.74) is 0.354. The Balaban J connectivity index is 2.23. The average molecular weight is 319 g/mol. The fourth-order valence-electron chi connectivity index (χ4n) is 2.55. The second kappa shape index (κ2) is 6.70. The van der Waals surface area contributed by atoms with Crippen molar-refractivity contribution in [2.45, 2.75) is 36.5 Å². The number of nitrogens with zero attached hydrogens (tertiary/aromatic N) is 1. The fourth-order valence-corrected chi connectivity index (χ4v) is 3.50. The minimum atomic E-state index is -4.59. The van der Waals surface area contributed by atoms with Crippen LogP contribution in [0.1, 0.15) is 19.8 Å². The maximum atomic E-state index is 12.8. The Kier molecular flexibility index (Phi) is 5.16. The second-order valence-corrected chi connectivity index (χ2v) is 6.80. The lowest BCUT2D eigenvalue weighted by Crippen LogP contribution is -2.37. The molecule has 1 aliphatic heterocycles. The van der Waals surface area contributed by atoms with E-state index >= 15 is 0 Å². The van der Waals surface area contributed by atoms with Gasteiger partial charge >= 0.3 is 5.76 Å². The third-order valence-corrected chi connectivity index (χ3v) is 5.02. The summed E-state index contributed by atoms with van der Waals surface area (Å²) in [6.07, 6.45) is 1.68. The van der Waals surface area contributed by atoms with Gasteiger partial charge in [-0.25, -0.2) is 8.42 Å². The molecule has 7 heteroatoms. The zero-order valence-electron chi connectivity index (χ0n) is 11.8. The maximum Gasteiger partial charge on any atom is 0.341 e. The Morgan fingerprint density at radius 1 is 1.29 bits per heavy atom. The average Bonchev–Trinajstić information content (AvgIpc) is 2.48. The summed E-state index contributed by atoms with van der Waals surface area (Å²) >= 11 is 0. The molecule has 0 N–H and O–H groups in total. The van der Waals surface area contributed by atoms with Gasteiger partial charge in [0.25, 0.3) is 0 Å². The normalized spacial score (nSPS) is 17.4. The monoisotopic (exact) mass is 319 g/mol. The number of para-hydroxylation sites is 1. The molecule has 118 valence electrons. The van der Waals surface area contributed by atoms with Gasteiger partial charge < -0.3 is 9.64 Å². The molecule has 0 aliphatic carbocycles. The van der Waals surface area contributed by atoms with Gasteiger partial charge in [-0.05, 0) is 31.9 Å². The van der Waals surface area contributed by atoms with Crippen molar-refractivity contribution >= 4 is 15.5 Å². The van der Waals surface area contributed by atoms with Crippen LogP contribution in [-0.4, -0.2) is 40.0 Å². The van der Waals surface area contributed by atoms with Crippen molar-refractivity contribution in [3.8, 4) is 0 Å². The number of anilines is 1. The molecule has 21 heavy (non-hydrogen) atoms. The van der Waals surface area contributed by atoms with Gasteiger partial charge in [0.2, 0.25) is 9.84 Å². The molecule has 0 unspecified atom stereocenters. The van der Waals surface area contributed by atoms with Crippen LogP contribution >= 0.6 is 0 Å². The predicted octanol–water partition coefficient (Wildman–Crippen LogP) is 2.69. The number of hydrogen-bond donors (Lipinski definition) is 0. The zero-order valence-corrected chi connectivity index (χ0v) is 12.7. The van der Waals surface area contributed by atoms with E-state index in [1.165, 1.54) is 12.1 Å². The van der Waals surface area contributed by atoms with Gasteiger partial charge in [-0.1, -0.05) is 12.1 Å². The van der Waals surface area contributed by atoms with E-state index in [4.69, 9.17) is 4.74 Å². The molecule has 0 amide bonds. The predicted molar refractivity (Wildman–Crippen MR) is 76.5 cm³/mol. The lowest BCUT2D eigenvalue weighted by atomic mass is 10.1. The highest BCUT2D eigenvalue weighted by molar-refractivity contribution is 7.91. The van der Waals surface area contributed by atoms with Gasteiger partial charge in [0, 0.05) is 19.7 Å². The summed E-state index contributed by atoms with van der Waals surface area (Å²) < 4.78 is 54.6. The lowest BCUT2D eigenvalue weighted by Gasteiger charge is -2.34. The summed E-state index contributed by atoms with van der Waals surface area (Å²) in [6.45, 7) is 3.76. The largest absolute Gasteiger partial charge is 0.378 e. The molecular weight excluding hydrogens is 300 g/mol. The van der Waals surface area contributed by atoms with Crippen LogP contribution in [0.15, 0.2) is 29.2 Å². The summed E-state index contributed by atoms with van der Waals surface area (Å²) in [7, 11) is -4.59. The highest BCUT2D eigenvalue weighted by atomic mass is 32.2. The Morgan fingerprint density at radius 2 is 1.90 bits per heavy atom. The van der Waals surface area contributed by atoms with Crippen LogP contribution in [-0.2, 0) is 14.6 Å². The van der Waals surface area contributed by atoms with Crippen molar-refractivity contribution in [1.29, 1.82) is 0 Å². The number of sulfone groups is 1. The van der Waals surface area contributed by atoms with E-state index < -0.39 is 15.6 Å². The third kappa shape index (κ3) is 3.52. The van der Waals surface area contributed by atoms with Gasteiger partial charge in [0.05, 0.1) is 16.7 Å². The molecule has 1 aliphatic rings. The fraction of sp³-hybridized carbons (Fsp3) is 0.571. The topological polar surface area (TPSA) is 46.6 Å². The van der Waals surface area contributed by atoms with Crippen LogP contribution in [0, 0.1) is 0 Å². The lowest BCUT2D eigenvalue weighted by molar-refractivity contribution is 0.0459. The van der Waals surface area contributed by atoms with Crippen LogP contribution in [0.4, 0.5) is 14.5 Å². The minimum absolute atomic E-state index is 0.158. The summed E-state index contributed by atoms with van der Waals surface area (Å²) in [6, 6.07) is 5.95. The number of halogens is 2. The van der Waals surface area contributed by atoms with Crippen molar-refractivity contribution in [2.24, 2.45) is 0 Å². The summed E-state index contributed by atoms with van der Waals surface area (Å²) in [5.74, 6) is -3.40. The molecule has 0 bridgehead atoms. The molecule has 0 aromatic heterocycles. The molecule has 0 radical (unpaired) electrons. The minimum Gasteiger partial charge on any atom is -0.378 e. The first kappa shape index (κ1) is 16.2. The molecule has 1 aromatic carbocycles. The first-order valence-electron chi connectivity index (χ1n) is 6.94. The zero-order chi connectivity index (χ0) is 15.5. The molecule has 0 spiro atoms. The van der Waals surface area contributed by atoms with Gasteiger partial charge in [-0.2, -0.15) is 8.78 Å². The Morgan fingerprint density at radius 3 is 2.48 bits per heavy atom. The van der Waals surface area contributed by atoms with Crippen LogP contribution in [0.3, 0.4) is 0 Å². The molecule has 2 rings (SSSR count). The van der Waals surface area contributed by atoms with E-state index in [1.807, 2.05) is 11.8 Å². The molecule has 0 saturated carbocycles. The Bertz CT molecular complexity index is 569. The first-order chi connectivity index (χ1) is 9.96. The number of ether oxygens (including phenoxy) is 1. The second-order valence-electron chi connectivity index (χ2n) is 4.92. The number of piperidine rings is 1. The summed E-state index contributed by atoms with van der Waals surface area (Å²) in [4.78, 5) is 1.54. The standard InChI is InChI=1S/C14H19F2NO3S/c1-2-20-11-7-9-17(10-8-11)12-5-3-4-6-13(12)21(18,19)14(15)16/h3-6,11,14H,2,7-10H2,1H3. The van der Waals surface area contributed by atoms with E-state index in [9.17, 15) is 17.2 Å². The summed E-state index contributed by atoms with van der Waals surface area (Å²) in [5, 5.41) is 0. The van der Waals surface area contributed by atoms with Crippen molar-refractivity contribution in [2.75, 3.05) is 24.6 Å². The van der Waals surface area contributed by atoms with Crippen molar-refractivity contribution < 1.29 is 21.9 Å². The van der Waals surface area contributed by atoms with E-state index in [0.717, 1.165) is 12.8 Å². The number of hydrogen-bond acceptors (Lipinski definition) is 4. The number of benzene rings is 1. The van der Waals surface area contributed by atoms with Crippen LogP contribution in [0.5, 0.6) is 0 Å². The van der Waals surface area contributed by atoms with Crippen molar-refractivity contribution in [1.82, 2.24) is 0 Å². The van der Waals surface area contributed by atoms with Gasteiger partial charge in [-0.15, -0.1) is 0 Å². The quantitative estimate of drug-likeness (QED) is 0.837. The first-order valence-corrected chi connectivity index (χ1v) is 8.49. The van der Waals surface area contributed by atoms with Crippen LogP contribution in [0.25, 0.3) is 0 Å². The smallest absolute Gasteiger partial charge is 0.341 e. The molecule has 4 nitrogen and oxygen atoms in total. The highest BCUT2D eigenvalue weighted by Gasteiger charge is 2.31. The molecule has 1 fully saturated rings. The molecular formula is C14H19F2NO3S. The van der Waals surface area contributed by atoms with Gasteiger partial charge in [0.1, 0.15) is 0 Å². The number of rotatable bonds is 5. The molecule has 0 atom stereocenters. The maximum absolute atomic E-state index is 12.8. The van der Waals surface area contributed by atoms with Crippen LogP contribution in [0.2, 0.25) is 0 Å². The highest BCUT2D eigenvalue weighted by Crippen LogP contribution is 2.31. The van der Waals surface area contributed by atoms with E-state index in [0.29, 0.717) is 25.4 Å². The van der Waals surface area contributed by atoms with Crippen molar-refractivity contribution in [3.63, 3.8) is 0 Å². The van der Waals surface area contributed by atoms with Crippen molar-refractivity contribution in [3.05, 3.63) is 24.3 Å². The van der Waals surface area contributed by atoms with Gasteiger partial charge in [0.15, 0.2) is 0 Å². The Hall–Kier alpha value is -1.21. The Labute approximate surface area is 123 Å². The number of alkyl halides is 2.